The predicted molar refractivity (Wildman–Crippen MR) is 121 cm³/mol. The van der Waals surface area contributed by atoms with E-state index in [0.29, 0.717) is 0 Å². The van der Waals surface area contributed by atoms with Gasteiger partial charge in [0.2, 0.25) is 11.8 Å². The van der Waals surface area contributed by atoms with Crippen molar-refractivity contribution in [2.45, 2.75) is 51.0 Å². The number of amides is 2. The van der Waals surface area contributed by atoms with Gasteiger partial charge in [-0.2, -0.15) is 5.10 Å². The summed E-state index contributed by atoms with van der Waals surface area (Å²) in [6, 6.07) is 18.7. The van der Waals surface area contributed by atoms with Gasteiger partial charge < -0.3 is 5.32 Å². The fourth-order valence-electron chi connectivity index (χ4n) is 4.19. The lowest BCUT2D eigenvalue weighted by molar-refractivity contribution is -0.126. The second-order valence-corrected chi connectivity index (χ2v) is 7.93. The van der Waals surface area contributed by atoms with Crippen molar-refractivity contribution in [1.82, 2.24) is 10.7 Å². The zero-order chi connectivity index (χ0) is 20.8. The molecule has 0 aliphatic heterocycles. The van der Waals surface area contributed by atoms with E-state index in [4.69, 9.17) is 0 Å². The first-order chi connectivity index (χ1) is 14.7. The van der Waals surface area contributed by atoms with Gasteiger partial charge in [0.15, 0.2) is 0 Å². The standard InChI is InChI=1S/C25H27N3O2/c29-24(27-20-10-2-1-3-11-20)14-15-25(30)28-26-17-23-21-12-6-4-8-18(21)16-19-9-5-7-13-22(19)23/h4-9,12-13,16-17,20H,1-3,10-11,14-15H2,(H,27,29)(H,28,30)/b26-17+. The van der Waals surface area contributed by atoms with Crippen molar-refractivity contribution in [1.29, 1.82) is 0 Å². The van der Waals surface area contributed by atoms with Crippen molar-refractivity contribution in [3.05, 3.63) is 60.2 Å². The molecule has 0 radical (unpaired) electrons. The first-order valence-electron chi connectivity index (χ1n) is 10.7. The molecular weight excluding hydrogens is 374 g/mol. The molecule has 2 amide bonds. The van der Waals surface area contributed by atoms with E-state index in [0.717, 1.165) is 39.9 Å². The summed E-state index contributed by atoms with van der Waals surface area (Å²) in [4.78, 5) is 24.2. The minimum Gasteiger partial charge on any atom is -0.353 e. The summed E-state index contributed by atoms with van der Waals surface area (Å²) in [5.41, 5.74) is 3.54. The smallest absolute Gasteiger partial charge is 0.240 e. The summed E-state index contributed by atoms with van der Waals surface area (Å²) in [5, 5.41) is 11.6. The number of hydrogen-bond acceptors (Lipinski definition) is 3. The third-order valence-electron chi connectivity index (χ3n) is 5.75. The molecule has 154 valence electrons. The Morgan fingerprint density at radius 3 is 2.13 bits per heavy atom. The summed E-state index contributed by atoms with van der Waals surface area (Å²) in [5.74, 6) is -0.310. The molecule has 0 aromatic heterocycles. The molecule has 30 heavy (non-hydrogen) atoms. The zero-order valence-corrected chi connectivity index (χ0v) is 17.1. The van der Waals surface area contributed by atoms with E-state index in [1.165, 1.54) is 19.3 Å². The number of carbonyl (C=O) groups excluding carboxylic acids is 2. The van der Waals surface area contributed by atoms with Crippen LogP contribution in [0.4, 0.5) is 0 Å². The Morgan fingerprint density at radius 1 is 0.867 bits per heavy atom. The fourth-order valence-corrected chi connectivity index (χ4v) is 4.19. The Hall–Kier alpha value is -3.21. The lowest BCUT2D eigenvalue weighted by atomic mass is 9.95. The second-order valence-electron chi connectivity index (χ2n) is 7.93. The minimum atomic E-state index is -0.255. The molecule has 5 heteroatoms. The monoisotopic (exact) mass is 401 g/mol. The van der Waals surface area contributed by atoms with E-state index in [2.05, 4.69) is 46.2 Å². The molecule has 1 fully saturated rings. The number of hydrazone groups is 1. The molecule has 0 unspecified atom stereocenters. The van der Waals surface area contributed by atoms with Gasteiger partial charge in [0.25, 0.3) is 0 Å². The highest BCUT2D eigenvalue weighted by molar-refractivity contribution is 6.13. The summed E-state index contributed by atoms with van der Waals surface area (Å²) < 4.78 is 0. The lowest BCUT2D eigenvalue weighted by Gasteiger charge is -2.22. The van der Waals surface area contributed by atoms with Crippen molar-refractivity contribution in [2.24, 2.45) is 5.10 Å². The van der Waals surface area contributed by atoms with E-state index >= 15 is 0 Å². The van der Waals surface area contributed by atoms with E-state index in [9.17, 15) is 9.59 Å². The first kappa shape index (κ1) is 20.1. The lowest BCUT2D eigenvalue weighted by Crippen LogP contribution is -2.36. The van der Waals surface area contributed by atoms with Crippen LogP contribution in [0.2, 0.25) is 0 Å². The van der Waals surface area contributed by atoms with E-state index in [1.807, 2.05) is 24.3 Å². The highest BCUT2D eigenvalue weighted by Crippen LogP contribution is 2.27. The molecular formula is C25H27N3O2. The van der Waals surface area contributed by atoms with Crippen LogP contribution in [0.3, 0.4) is 0 Å². The number of hydrogen-bond donors (Lipinski definition) is 2. The maximum atomic E-state index is 12.2. The van der Waals surface area contributed by atoms with Gasteiger partial charge in [-0.25, -0.2) is 5.43 Å². The Bertz CT molecular complexity index is 1030. The number of benzene rings is 3. The molecule has 1 aliphatic rings. The molecule has 0 heterocycles. The van der Waals surface area contributed by atoms with Crippen LogP contribution in [0.5, 0.6) is 0 Å². The molecule has 5 nitrogen and oxygen atoms in total. The van der Waals surface area contributed by atoms with Gasteiger partial charge in [-0.15, -0.1) is 0 Å². The van der Waals surface area contributed by atoms with Gasteiger partial charge in [-0.05, 0) is 40.5 Å². The number of nitrogens with one attached hydrogen (secondary N) is 2. The predicted octanol–water partition coefficient (Wildman–Crippen LogP) is 4.67. The normalized spacial score (nSPS) is 14.9. The Kier molecular flexibility index (Phi) is 6.38. The molecule has 0 spiro atoms. The van der Waals surface area contributed by atoms with Gasteiger partial charge in [-0.3, -0.25) is 9.59 Å². The highest BCUT2D eigenvalue weighted by atomic mass is 16.2. The molecule has 0 bridgehead atoms. The molecule has 0 saturated heterocycles. The largest absolute Gasteiger partial charge is 0.353 e. The van der Waals surface area contributed by atoms with E-state index in [-0.39, 0.29) is 30.7 Å². The summed E-state index contributed by atoms with van der Waals surface area (Å²) in [6.45, 7) is 0. The fraction of sp³-hybridized carbons (Fsp3) is 0.320. The Balaban J connectivity index is 1.38. The van der Waals surface area contributed by atoms with Crippen LogP contribution in [0.25, 0.3) is 21.5 Å². The third-order valence-corrected chi connectivity index (χ3v) is 5.75. The average Bonchev–Trinajstić information content (AvgIpc) is 2.78. The quantitative estimate of drug-likeness (QED) is 0.358. The zero-order valence-electron chi connectivity index (χ0n) is 17.1. The third kappa shape index (κ3) is 4.85. The Labute approximate surface area is 176 Å². The van der Waals surface area contributed by atoms with Crippen LogP contribution in [0.15, 0.2) is 59.7 Å². The minimum absolute atomic E-state index is 0.0546. The van der Waals surface area contributed by atoms with Crippen LogP contribution >= 0.6 is 0 Å². The number of fused-ring (bicyclic) bond motifs is 2. The molecule has 0 atom stereocenters. The Morgan fingerprint density at radius 2 is 1.47 bits per heavy atom. The van der Waals surface area contributed by atoms with Crippen molar-refractivity contribution in [2.75, 3.05) is 0 Å². The summed E-state index contributed by atoms with van der Waals surface area (Å²) in [6.07, 6.45) is 7.69. The van der Waals surface area contributed by atoms with Gasteiger partial charge in [0.05, 0.1) is 6.21 Å². The molecule has 2 N–H and O–H groups in total. The molecule has 3 aromatic rings. The number of rotatable bonds is 6. The average molecular weight is 402 g/mol. The second kappa shape index (κ2) is 9.53. The molecule has 1 saturated carbocycles. The van der Waals surface area contributed by atoms with Crippen LogP contribution in [-0.2, 0) is 9.59 Å². The molecule has 1 aliphatic carbocycles. The van der Waals surface area contributed by atoms with E-state index < -0.39 is 0 Å². The van der Waals surface area contributed by atoms with Gasteiger partial charge in [0, 0.05) is 24.4 Å². The van der Waals surface area contributed by atoms with Crippen molar-refractivity contribution < 1.29 is 9.59 Å². The van der Waals surface area contributed by atoms with Gasteiger partial charge in [-0.1, -0.05) is 67.8 Å². The molecule has 4 rings (SSSR count). The van der Waals surface area contributed by atoms with E-state index in [1.54, 1.807) is 6.21 Å². The van der Waals surface area contributed by atoms with Crippen LogP contribution in [0, 0.1) is 0 Å². The topological polar surface area (TPSA) is 70.6 Å². The van der Waals surface area contributed by atoms with Crippen molar-refractivity contribution in [3.8, 4) is 0 Å². The SMILES string of the molecule is O=C(CCC(=O)NC1CCCCC1)N/N=C/c1c2ccccc2cc2ccccc12. The molecule has 3 aromatic carbocycles. The maximum Gasteiger partial charge on any atom is 0.240 e. The first-order valence-corrected chi connectivity index (χ1v) is 10.7. The van der Waals surface area contributed by atoms with Gasteiger partial charge >= 0.3 is 0 Å². The van der Waals surface area contributed by atoms with Crippen molar-refractivity contribution >= 4 is 39.6 Å². The van der Waals surface area contributed by atoms with Crippen LogP contribution in [0.1, 0.15) is 50.5 Å². The van der Waals surface area contributed by atoms with Crippen LogP contribution < -0.4 is 10.7 Å². The van der Waals surface area contributed by atoms with Crippen LogP contribution in [-0.4, -0.2) is 24.1 Å². The maximum absolute atomic E-state index is 12.2. The van der Waals surface area contributed by atoms with Gasteiger partial charge in [0.1, 0.15) is 0 Å². The van der Waals surface area contributed by atoms with Crippen molar-refractivity contribution in [3.63, 3.8) is 0 Å². The number of nitrogens with zero attached hydrogens (tertiary/aromatic N) is 1. The summed E-state index contributed by atoms with van der Waals surface area (Å²) >= 11 is 0. The summed E-state index contributed by atoms with van der Waals surface area (Å²) in [7, 11) is 0. The number of carbonyl (C=O) groups is 2. The highest BCUT2D eigenvalue weighted by Gasteiger charge is 2.16.